The van der Waals surface area contributed by atoms with Crippen molar-refractivity contribution in [2.75, 3.05) is 52.9 Å². The average molecular weight is 526 g/mol. The maximum Gasteiger partial charge on any atom is 0.416 e. The van der Waals surface area contributed by atoms with Crippen molar-refractivity contribution in [1.29, 1.82) is 0 Å². The van der Waals surface area contributed by atoms with Crippen LogP contribution < -0.4 is 5.32 Å². The highest BCUT2D eigenvalue weighted by atomic mass is 127. The number of nitrogens with one attached hydrogen (secondary N) is 1. The van der Waals surface area contributed by atoms with Gasteiger partial charge in [-0.3, -0.25) is 4.99 Å². The topological polar surface area (TPSA) is 40.1 Å². The highest BCUT2D eigenvalue weighted by Gasteiger charge is 2.32. The van der Waals surface area contributed by atoms with Gasteiger partial charge in [-0.1, -0.05) is 12.1 Å². The highest BCUT2D eigenvalue weighted by molar-refractivity contribution is 14.0. The molecular weight excluding hydrogens is 496 g/mol. The maximum atomic E-state index is 13.0. The van der Waals surface area contributed by atoms with Crippen LogP contribution in [0.3, 0.4) is 0 Å². The van der Waals surface area contributed by atoms with Gasteiger partial charge in [-0.25, -0.2) is 0 Å². The lowest BCUT2D eigenvalue weighted by atomic mass is 10.0. The molecule has 0 amide bonds. The van der Waals surface area contributed by atoms with E-state index in [1.54, 1.807) is 13.1 Å². The first kappa shape index (κ1) is 24.2. The van der Waals surface area contributed by atoms with Gasteiger partial charge in [-0.2, -0.15) is 13.2 Å². The van der Waals surface area contributed by atoms with Gasteiger partial charge in [0.25, 0.3) is 0 Å². The fourth-order valence-electron chi connectivity index (χ4n) is 3.80. The van der Waals surface area contributed by atoms with E-state index in [0.29, 0.717) is 25.3 Å². The van der Waals surface area contributed by atoms with Crippen molar-refractivity contribution < 1.29 is 17.9 Å². The number of nitrogens with zero attached hydrogens (tertiary/aromatic N) is 3. The molecule has 0 saturated carbocycles. The van der Waals surface area contributed by atoms with E-state index in [1.807, 2.05) is 0 Å². The number of hydrogen-bond donors (Lipinski definition) is 1. The Hall–Kier alpha value is -1.07. The van der Waals surface area contributed by atoms with Gasteiger partial charge in [0.2, 0.25) is 0 Å². The molecule has 1 unspecified atom stereocenters. The molecule has 2 saturated heterocycles. The number of ether oxygens (including phenoxy) is 1. The number of rotatable bonds is 5. The molecule has 2 aliphatic rings. The average Bonchev–Trinajstić information content (AvgIpc) is 3.21. The van der Waals surface area contributed by atoms with Crippen LogP contribution in [0.25, 0.3) is 0 Å². The molecule has 0 aliphatic carbocycles. The molecule has 9 heteroatoms. The van der Waals surface area contributed by atoms with Gasteiger partial charge < -0.3 is 19.9 Å². The molecular formula is C20H30F3IN4O. The Morgan fingerprint density at radius 3 is 2.69 bits per heavy atom. The lowest BCUT2D eigenvalue weighted by molar-refractivity contribution is -0.137. The Morgan fingerprint density at radius 2 is 2.00 bits per heavy atom. The summed E-state index contributed by atoms with van der Waals surface area (Å²) in [5, 5.41) is 3.38. The van der Waals surface area contributed by atoms with Crippen molar-refractivity contribution in [1.82, 2.24) is 15.1 Å². The summed E-state index contributed by atoms with van der Waals surface area (Å²) in [5.41, 5.74) is -0.0980. The molecule has 0 bridgehead atoms. The van der Waals surface area contributed by atoms with Crippen molar-refractivity contribution in [3.05, 3.63) is 35.4 Å². The molecule has 1 aromatic carbocycles. The minimum Gasteiger partial charge on any atom is -0.370 e. The Bertz CT molecular complexity index is 665. The first-order valence-corrected chi connectivity index (χ1v) is 9.94. The number of hydrogen-bond acceptors (Lipinski definition) is 3. The molecule has 1 aromatic rings. The van der Waals surface area contributed by atoms with E-state index in [9.17, 15) is 13.2 Å². The first-order chi connectivity index (χ1) is 13.5. The maximum absolute atomic E-state index is 13.0. The van der Waals surface area contributed by atoms with Crippen molar-refractivity contribution in [3.8, 4) is 0 Å². The van der Waals surface area contributed by atoms with Crippen LogP contribution in [0.2, 0.25) is 0 Å². The lowest BCUT2D eigenvalue weighted by Crippen LogP contribution is -2.48. The Morgan fingerprint density at radius 1 is 1.24 bits per heavy atom. The predicted octanol–water partition coefficient (Wildman–Crippen LogP) is 3.76. The van der Waals surface area contributed by atoms with Crippen LogP contribution in [0.4, 0.5) is 13.2 Å². The SMILES string of the molecule is CN=C(NCCCN1CCCC1)N1CCOC(c2cccc(C(F)(F)F)c2)C1.I. The molecule has 2 aliphatic heterocycles. The van der Waals surface area contributed by atoms with Gasteiger partial charge in [0.05, 0.1) is 18.7 Å². The van der Waals surface area contributed by atoms with Crippen molar-refractivity contribution in [2.45, 2.75) is 31.5 Å². The standard InChI is InChI=1S/C20H29F3N4O.HI/c1-24-19(25-8-5-11-26-9-2-3-10-26)27-12-13-28-18(15-27)16-6-4-7-17(14-16)20(21,22)23;/h4,6-7,14,18H,2-3,5,8-13,15H2,1H3,(H,24,25);1H. The molecule has 29 heavy (non-hydrogen) atoms. The smallest absolute Gasteiger partial charge is 0.370 e. The normalized spacial score (nSPS) is 21.2. The van der Waals surface area contributed by atoms with E-state index in [4.69, 9.17) is 4.74 Å². The van der Waals surface area contributed by atoms with Crippen LogP contribution in [0.15, 0.2) is 29.3 Å². The number of halogens is 4. The predicted molar refractivity (Wildman–Crippen MR) is 119 cm³/mol. The van der Waals surface area contributed by atoms with Crippen LogP contribution >= 0.6 is 24.0 Å². The van der Waals surface area contributed by atoms with Crippen LogP contribution in [-0.2, 0) is 10.9 Å². The zero-order valence-electron chi connectivity index (χ0n) is 16.7. The Balaban J connectivity index is 0.00000300. The van der Waals surface area contributed by atoms with E-state index in [-0.39, 0.29) is 24.0 Å². The molecule has 1 N–H and O–H groups in total. The van der Waals surface area contributed by atoms with Crippen molar-refractivity contribution in [2.24, 2.45) is 4.99 Å². The van der Waals surface area contributed by atoms with E-state index in [2.05, 4.69) is 20.1 Å². The third-order valence-corrected chi connectivity index (χ3v) is 5.30. The number of alkyl halides is 3. The van der Waals surface area contributed by atoms with Gasteiger partial charge >= 0.3 is 6.18 Å². The molecule has 1 atom stereocenters. The third-order valence-electron chi connectivity index (χ3n) is 5.30. The van der Waals surface area contributed by atoms with Gasteiger partial charge in [0, 0.05) is 20.1 Å². The molecule has 2 fully saturated rings. The molecule has 0 spiro atoms. The molecule has 164 valence electrons. The summed E-state index contributed by atoms with van der Waals surface area (Å²) in [6.45, 7) is 5.90. The third kappa shape index (κ3) is 6.99. The van der Waals surface area contributed by atoms with Crippen molar-refractivity contribution in [3.63, 3.8) is 0 Å². The van der Waals surface area contributed by atoms with Crippen molar-refractivity contribution >= 4 is 29.9 Å². The second-order valence-electron chi connectivity index (χ2n) is 7.30. The van der Waals surface area contributed by atoms with Gasteiger partial charge in [-0.05, 0) is 56.6 Å². The minimum absolute atomic E-state index is 0. The number of aliphatic imine (C=N–C) groups is 1. The summed E-state index contributed by atoms with van der Waals surface area (Å²) in [5.74, 6) is 0.779. The fraction of sp³-hybridized carbons (Fsp3) is 0.650. The van der Waals surface area contributed by atoms with E-state index in [0.717, 1.165) is 31.5 Å². The fourth-order valence-corrected chi connectivity index (χ4v) is 3.80. The summed E-state index contributed by atoms with van der Waals surface area (Å²) in [6.07, 6.45) is -1.13. The molecule has 2 heterocycles. The van der Waals surface area contributed by atoms with Crippen LogP contribution in [0, 0.1) is 0 Å². The van der Waals surface area contributed by atoms with Crippen LogP contribution in [-0.4, -0.2) is 68.7 Å². The lowest BCUT2D eigenvalue weighted by Gasteiger charge is -2.35. The zero-order valence-corrected chi connectivity index (χ0v) is 19.1. The van der Waals surface area contributed by atoms with Gasteiger partial charge in [0.1, 0.15) is 6.10 Å². The van der Waals surface area contributed by atoms with Crippen LogP contribution in [0.5, 0.6) is 0 Å². The molecule has 0 radical (unpaired) electrons. The monoisotopic (exact) mass is 526 g/mol. The number of benzene rings is 1. The van der Waals surface area contributed by atoms with E-state index < -0.39 is 17.8 Å². The van der Waals surface area contributed by atoms with Gasteiger partial charge in [-0.15, -0.1) is 24.0 Å². The second kappa shape index (κ2) is 11.4. The second-order valence-corrected chi connectivity index (χ2v) is 7.30. The minimum atomic E-state index is -4.35. The summed E-state index contributed by atoms with van der Waals surface area (Å²) in [7, 11) is 1.73. The summed E-state index contributed by atoms with van der Waals surface area (Å²) >= 11 is 0. The molecule has 3 rings (SSSR count). The summed E-state index contributed by atoms with van der Waals surface area (Å²) in [4.78, 5) is 8.88. The summed E-state index contributed by atoms with van der Waals surface area (Å²) in [6, 6.07) is 5.40. The molecule has 0 aromatic heterocycles. The number of guanidine groups is 1. The van der Waals surface area contributed by atoms with Crippen LogP contribution in [0.1, 0.15) is 36.5 Å². The Labute approximate surface area is 187 Å². The highest BCUT2D eigenvalue weighted by Crippen LogP contribution is 2.32. The summed E-state index contributed by atoms with van der Waals surface area (Å²) < 4.78 is 44.7. The zero-order chi connectivity index (χ0) is 20.0. The number of morpholine rings is 1. The molecule has 5 nitrogen and oxygen atoms in total. The number of likely N-dealkylation sites (tertiary alicyclic amines) is 1. The Kier molecular flexibility index (Phi) is 9.48. The first-order valence-electron chi connectivity index (χ1n) is 9.94. The van der Waals surface area contributed by atoms with E-state index in [1.165, 1.54) is 38.1 Å². The van der Waals surface area contributed by atoms with Gasteiger partial charge in [0.15, 0.2) is 5.96 Å². The largest absolute Gasteiger partial charge is 0.416 e. The van der Waals surface area contributed by atoms with E-state index >= 15 is 0 Å². The quantitative estimate of drug-likeness (QED) is 0.275.